The zero-order valence-corrected chi connectivity index (χ0v) is 12.7. The van der Waals surface area contributed by atoms with Crippen molar-refractivity contribution in [2.45, 2.75) is 26.3 Å². The molecule has 0 radical (unpaired) electrons. The van der Waals surface area contributed by atoms with Crippen LogP contribution >= 0.6 is 11.8 Å². The third-order valence-corrected chi connectivity index (χ3v) is 4.27. The predicted octanol–water partition coefficient (Wildman–Crippen LogP) is 2.04. The van der Waals surface area contributed by atoms with Gasteiger partial charge in [-0.1, -0.05) is 24.6 Å². The van der Waals surface area contributed by atoms with E-state index in [1.165, 1.54) is 0 Å². The molecule has 4 nitrogen and oxygen atoms in total. The van der Waals surface area contributed by atoms with E-state index in [1.807, 2.05) is 32.0 Å². The fraction of sp³-hybridized carbons (Fsp3) is 0.467. The number of benzene rings is 1. The topological polar surface area (TPSA) is 49.4 Å². The van der Waals surface area contributed by atoms with Crippen LogP contribution in [-0.4, -0.2) is 40.9 Å². The highest BCUT2D eigenvalue weighted by Crippen LogP contribution is 2.23. The van der Waals surface area contributed by atoms with Crippen molar-refractivity contribution in [2.75, 3.05) is 18.2 Å². The molecule has 2 rings (SSSR count). The van der Waals surface area contributed by atoms with Gasteiger partial charge in [0.05, 0.1) is 5.88 Å². The van der Waals surface area contributed by atoms with E-state index in [2.05, 4.69) is 5.32 Å². The van der Waals surface area contributed by atoms with Gasteiger partial charge in [0.15, 0.2) is 0 Å². The molecule has 1 aromatic rings. The molecule has 1 atom stereocenters. The highest BCUT2D eigenvalue weighted by Gasteiger charge is 2.34. The van der Waals surface area contributed by atoms with Gasteiger partial charge in [-0.25, -0.2) is 0 Å². The average molecular weight is 292 g/mol. The molecule has 1 N–H and O–H groups in total. The smallest absolute Gasteiger partial charge is 0.255 e. The molecule has 1 unspecified atom stereocenters. The Morgan fingerprint density at radius 3 is 2.95 bits per heavy atom. The van der Waals surface area contributed by atoms with E-state index in [1.54, 1.807) is 22.7 Å². The van der Waals surface area contributed by atoms with Crippen molar-refractivity contribution in [3.63, 3.8) is 0 Å². The highest BCUT2D eigenvalue weighted by atomic mass is 32.2. The lowest BCUT2D eigenvalue weighted by molar-refractivity contribution is -0.124. The minimum atomic E-state index is -0.348. The van der Waals surface area contributed by atoms with E-state index in [-0.39, 0.29) is 17.9 Å². The van der Waals surface area contributed by atoms with Gasteiger partial charge in [0.2, 0.25) is 5.91 Å². The summed E-state index contributed by atoms with van der Waals surface area (Å²) in [6.07, 6.45) is 0.900. The van der Waals surface area contributed by atoms with Crippen LogP contribution in [0, 0.1) is 6.92 Å². The molecule has 1 saturated heterocycles. The maximum atomic E-state index is 12.5. The Bertz CT molecular complexity index is 504. The Labute approximate surface area is 123 Å². The van der Waals surface area contributed by atoms with Crippen molar-refractivity contribution in [1.29, 1.82) is 0 Å². The Hall–Kier alpha value is -1.49. The van der Waals surface area contributed by atoms with E-state index in [0.29, 0.717) is 23.7 Å². The van der Waals surface area contributed by atoms with E-state index in [4.69, 9.17) is 0 Å². The quantitative estimate of drug-likeness (QED) is 0.924. The summed E-state index contributed by atoms with van der Waals surface area (Å²) in [6.45, 7) is 4.63. The standard InChI is InChI=1S/C15H20N2O2S/c1-3-7-16-14(18)13-9-20-10-17(13)15(19)12-6-4-5-11(2)8-12/h4-6,8,13H,3,7,9-10H2,1-2H3,(H,16,18). The molecule has 5 heteroatoms. The molecular formula is C15H20N2O2S. The van der Waals surface area contributed by atoms with Gasteiger partial charge in [0, 0.05) is 17.9 Å². The van der Waals surface area contributed by atoms with Crippen LogP contribution in [0.4, 0.5) is 0 Å². The van der Waals surface area contributed by atoms with Crippen LogP contribution in [-0.2, 0) is 4.79 Å². The Morgan fingerprint density at radius 1 is 1.45 bits per heavy atom. The lowest BCUT2D eigenvalue weighted by Crippen LogP contribution is -2.47. The number of amides is 2. The first kappa shape index (κ1) is 14.9. The number of hydrogen-bond acceptors (Lipinski definition) is 3. The summed E-state index contributed by atoms with van der Waals surface area (Å²) >= 11 is 1.62. The highest BCUT2D eigenvalue weighted by molar-refractivity contribution is 7.99. The van der Waals surface area contributed by atoms with Gasteiger partial charge in [-0.15, -0.1) is 11.8 Å². The first-order valence-electron chi connectivity index (χ1n) is 6.86. The summed E-state index contributed by atoms with van der Waals surface area (Å²) in [6, 6.07) is 7.16. The van der Waals surface area contributed by atoms with Crippen LogP contribution in [0.15, 0.2) is 24.3 Å². The third kappa shape index (κ3) is 3.33. The SMILES string of the molecule is CCCNC(=O)C1CSCN1C(=O)c1cccc(C)c1. The number of carbonyl (C=O) groups excluding carboxylic acids is 2. The van der Waals surface area contributed by atoms with Crippen LogP contribution in [0.2, 0.25) is 0 Å². The number of hydrogen-bond donors (Lipinski definition) is 1. The lowest BCUT2D eigenvalue weighted by Gasteiger charge is -2.23. The number of carbonyl (C=O) groups is 2. The molecule has 0 bridgehead atoms. The first-order valence-corrected chi connectivity index (χ1v) is 8.02. The zero-order valence-electron chi connectivity index (χ0n) is 11.9. The van der Waals surface area contributed by atoms with Crippen molar-refractivity contribution >= 4 is 23.6 Å². The molecule has 2 amide bonds. The third-order valence-electron chi connectivity index (χ3n) is 3.26. The molecule has 1 aliphatic heterocycles. The Kier molecular flexibility index (Phi) is 5.06. The summed E-state index contributed by atoms with van der Waals surface area (Å²) in [5.41, 5.74) is 1.70. The predicted molar refractivity (Wildman–Crippen MR) is 81.8 cm³/mol. The number of nitrogens with zero attached hydrogens (tertiary/aromatic N) is 1. The van der Waals surface area contributed by atoms with Crippen molar-refractivity contribution in [3.8, 4) is 0 Å². The van der Waals surface area contributed by atoms with Crippen molar-refractivity contribution in [1.82, 2.24) is 10.2 Å². The van der Waals surface area contributed by atoms with Crippen molar-refractivity contribution in [2.24, 2.45) is 0 Å². The van der Waals surface area contributed by atoms with Crippen LogP contribution in [0.25, 0.3) is 0 Å². The molecule has 0 aliphatic carbocycles. The number of thioether (sulfide) groups is 1. The average Bonchev–Trinajstić information content (AvgIpc) is 2.93. The lowest BCUT2D eigenvalue weighted by atomic mass is 10.1. The fourth-order valence-corrected chi connectivity index (χ4v) is 3.32. The minimum Gasteiger partial charge on any atom is -0.354 e. The summed E-state index contributed by atoms with van der Waals surface area (Å²) in [7, 11) is 0. The van der Waals surface area contributed by atoms with E-state index in [0.717, 1.165) is 12.0 Å². The maximum Gasteiger partial charge on any atom is 0.255 e. The van der Waals surface area contributed by atoms with Gasteiger partial charge < -0.3 is 10.2 Å². The van der Waals surface area contributed by atoms with Gasteiger partial charge in [0.1, 0.15) is 6.04 Å². The molecule has 1 heterocycles. The van der Waals surface area contributed by atoms with Gasteiger partial charge >= 0.3 is 0 Å². The number of rotatable bonds is 4. The van der Waals surface area contributed by atoms with E-state index in [9.17, 15) is 9.59 Å². The Balaban J connectivity index is 2.10. The van der Waals surface area contributed by atoms with E-state index >= 15 is 0 Å². The largest absolute Gasteiger partial charge is 0.354 e. The van der Waals surface area contributed by atoms with Crippen molar-refractivity contribution in [3.05, 3.63) is 35.4 Å². The molecule has 1 aromatic carbocycles. The zero-order chi connectivity index (χ0) is 14.5. The minimum absolute atomic E-state index is 0.0437. The van der Waals surface area contributed by atoms with Crippen LogP contribution in [0.1, 0.15) is 29.3 Å². The normalized spacial score (nSPS) is 18.1. The molecule has 0 saturated carbocycles. The molecule has 0 aromatic heterocycles. The summed E-state index contributed by atoms with van der Waals surface area (Å²) in [5, 5.41) is 2.88. The summed E-state index contributed by atoms with van der Waals surface area (Å²) in [5.74, 6) is 1.15. The molecule has 0 spiro atoms. The molecule has 1 aliphatic rings. The van der Waals surface area contributed by atoms with Crippen LogP contribution in [0.3, 0.4) is 0 Å². The molecular weight excluding hydrogens is 272 g/mol. The molecule has 20 heavy (non-hydrogen) atoms. The molecule has 1 fully saturated rings. The summed E-state index contributed by atoms with van der Waals surface area (Å²) < 4.78 is 0. The van der Waals surface area contributed by atoms with Crippen molar-refractivity contribution < 1.29 is 9.59 Å². The van der Waals surface area contributed by atoms with Gasteiger partial charge in [-0.2, -0.15) is 0 Å². The number of nitrogens with one attached hydrogen (secondary N) is 1. The second-order valence-corrected chi connectivity index (χ2v) is 5.95. The van der Waals surface area contributed by atoms with Crippen LogP contribution < -0.4 is 5.32 Å². The fourth-order valence-electron chi connectivity index (χ4n) is 2.17. The monoisotopic (exact) mass is 292 g/mol. The van der Waals surface area contributed by atoms with Gasteiger partial charge in [-0.05, 0) is 25.5 Å². The second-order valence-electron chi connectivity index (χ2n) is 4.95. The van der Waals surface area contributed by atoms with Gasteiger partial charge in [0.25, 0.3) is 5.91 Å². The molecule has 108 valence electrons. The Morgan fingerprint density at radius 2 is 2.25 bits per heavy atom. The second kappa shape index (κ2) is 6.79. The van der Waals surface area contributed by atoms with E-state index < -0.39 is 0 Å². The number of aryl methyl sites for hydroxylation is 1. The maximum absolute atomic E-state index is 12.5. The summed E-state index contributed by atoms with van der Waals surface area (Å²) in [4.78, 5) is 26.3. The van der Waals surface area contributed by atoms with Crippen LogP contribution in [0.5, 0.6) is 0 Å². The van der Waals surface area contributed by atoms with Gasteiger partial charge in [-0.3, -0.25) is 9.59 Å². The first-order chi connectivity index (χ1) is 9.63.